The molecular weight excluding hydrogens is 368 g/mol. The van der Waals surface area contributed by atoms with Gasteiger partial charge in [0.05, 0.1) is 18.2 Å². The summed E-state index contributed by atoms with van der Waals surface area (Å²) in [5.74, 6) is 1.16. The van der Waals surface area contributed by atoms with E-state index in [1.807, 2.05) is 0 Å². The van der Waals surface area contributed by atoms with E-state index in [1.54, 1.807) is 25.3 Å². The zero-order valence-electron chi connectivity index (χ0n) is 15.9. The Morgan fingerprint density at radius 3 is 2.81 bits per heavy atom. The lowest BCUT2D eigenvalue weighted by atomic mass is 10.0. The molecule has 1 aromatic carbocycles. The van der Waals surface area contributed by atoms with E-state index in [9.17, 15) is 4.79 Å². The molecule has 2 aliphatic heterocycles. The molecule has 2 saturated heterocycles. The first kappa shape index (κ1) is 20.4. The number of likely N-dealkylation sites (tertiary alicyclic amines) is 1. The van der Waals surface area contributed by atoms with Gasteiger partial charge in [0.2, 0.25) is 0 Å². The number of carbonyl (C=O) groups is 1. The van der Waals surface area contributed by atoms with Crippen LogP contribution in [0.1, 0.15) is 29.6 Å². The zero-order valence-corrected chi connectivity index (χ0v) is 16.7. The van der Waals surface area contributed by atoms with E-state index in [1.165, 1.54) is 6.42 Å². The highest BCUT2D eigenvalue weighted by molar-refractivity contribution is 6.32. The fraction of sp³-hybridized carbons (Fsp3) is 0.650. The Morgan fingerprint density at radius 2 is 2.15 bits per heavy atom. The Kier molecular flexibility index (Phi) is 7.76. The van der Waals surface area contributed by atoms with Crippen LogP contribution in [0.2, 0.25) is 5.02 Å². The summed E-state index contributed by atoms with van der Waals surface area (Å²) in [7, 11) is 1.60. The summed E-state index contributed by atoms with van der Waals surface area (Å²) >= 11 is 6.34. The van der Waals surface area contributed by atoms with Crippen LogP contribution >= 0.6 is 11.6 Å². The summed E-state index contributed by atoms with van der Waals surface area (Å²) in [6, 6.07) is 5.20. The number of nitrogens with one attached hydrogen (secondary N) is 1. The van der Waals surface area contributed by atoms with Crippen LogP contribution in [0.3, 0.4) is 0 Å². The summed E-state index contributed by atoms with van der Waals surface area (Å²) in [6.45, 7) is 5.96. The molecule has 27 heavy (non-hydrogen) atoms. The summed E-state index contributed by atoms with van der Waals surface area (Å²) in [4.78, 5) is 14.6. The number of carbonyl (C=O) groups excluding carboxylic acids is 1. The minimum absolute atomic E-state index is 0.162. The lowest BCUT2D eigenvalue weighted by Crippen LogP contribution is -2.40. The molecule has 0 bridgehead atoms. The van der Waals surface area contributed by atoms with Gasteiger partial charge in [-0.15, -0.1) is 0 Å². The molecular formula is C20H29ClN2O4. The maximum atomic E-state index is 12.1. The second-order valence-corrected chi connectivity index (χ2v) is 7.65. The van der Waals surface area contributed by atoms with Crippen LogP contribution in [0.5, 0.6) is 5.75 Å². The molecule has 6 nitrogen and oxygen atoms in total. The van der Waals surface area contributed by atoms with Crippen molar-refractivity contribution in [2.24, 2.45) is 5.92 Å². The van der Waals surface area contributed by atoms with Crippen LogP contribution in [0.4, 0.5) is 0 Å². The highest BCUT2D eigenvalue weighted by Crippen LogP contribution is 2.29. The van der Waals surface area contributed by atoms with Gasteiger partial charge in [0.25, 0.3) is 5.91 Å². The van der Waals surface area contributed by atoms with Gasteiger partial charge in [-0.2, -0.15) is 0 Å². The number of methoxy groups -OCH3 is 1. The Hall–Kier alpha value is -1.34. The van der Waals surface area contributed by atoms with Gasteiger partial charge in [0, 0.05) is 45.5 Å². The van der Waals surface area contributed by atoms with Gasteiger partial charge in [0.15, 0.2) is 0 Å². The molecule has 0 aromatic heterocycles. The predicted octanol–water partition coefficient (Wildman–Crippen LogP) is 2.60. The quantitative estimate of drug-likeness (QED) is 0.684. The van der Waals surface area contributed by atoms with Gasteiger partial charge in [-0.05, 0) is 43.4 Å². The Labute approximate surface area is 166 Å². The third-order valence-electron chi connectivity index (χ3n) is 5.15. The van der Waals surface area contributed by atoms with Crippen molar-refractivity contribution in [2.75, 3.05) is 53.1 Å². The molecule has 2 heterocycles. The molecule has 2 aliphatic rings. The maximum Gasteiger partial charge on any atom is 0.251 e. The van der Waals surface area contributed by atoms with Gasteiger partial charge < -0.3 is 24.4 Å². The van der Waals surface area contributed by atoms with E-state index >= 15 is 0 Å². The van der Waals surface area contributed by atoms with Gasteiger partial charge in [0.1, 0.15) is 11.9 Å². The average Bonchev–Trinajstić information content (AvgIpc) is 3.18. The number of nitrogens with zero attached hydrogens (tertiary/aromatic N) is 1. The first-order chi connectivity index (χ1) is 13.2. The summed E-state index contributed by atoms with van der Waals surface area (Å²) in [5.41, 5.74) is 0.525. The average molecular weight is 397 g/mol. The van der Waals surface area contributed by atoms with Crippen molar-refractivity contribution in [3.8, 4) is 5.75 Å². The molecule has 3 rings (SSSR count). The second-order valence-electron chi connectivity index (χ2n) is 7.24. The number of hydrogen-bond donors (Lipinski definition) is 1. The monoisotopic (exact) mass is 396 g/mol. The molecule has 0 spiro atoms. The van der Waals surface area contributed by atoms with Crippen molar-refractivity contribution in [2.45, 2.75) is 25.4 Å². The van der Waals surface area contributed by atoms with Crippen molar-refractivity contribution in [3.63, 3.8) is 0 Å². The molecule has 0 unspecified atom stereocenters. The smallest absolute Gasteiger partial charge is 0.251 e. The lowest BCUT2D eigenvalue weighted by molar-refractivity contribution is 0.0880. The number of rotatable bonds is 8. The van der Waals surface area contributed by atoms with E-state index in [0.29, 0.717) is 35.4 Å². The SMILES string of the molecule is COCCNC(=O)c1ccc(OC2CCN(C[C@H]3CCOC3)CC2)c(Cl)c1. The van der Waals surface area contributed by atoms with E-state index in [0.717, 1.165) is 45.7 Å². The predicted molar refractivity (Wildman–Crippen MR) is 105 cm³/mol. The Morgan fingerprint density at radius 1 is 1.33 bits per heavy atom. The molecule has 150 valence electrons. The van der Waals surface area contributed by atoms with Gasteiger partial charge in [-0.1, -0.05) is 11.6 Å². The number of benzene rings is 1. The minimum atomic E-state index is -0.162. The molecule has 1 aromatic rings. The van der Waals surface area contributed by atoms with E-state index in [2.05, 4.69) is 10.2 Å². The topological polar surface area (TPSA) is 60.0 Å². The van der Waals surface area contributed by atoms with E-state index < -0.39 is 0 Å². The van der Waals surface area contributed by atoms with Gasteiger partial charge in [-0.3, -0.25) is 4.79 Å². The second kappa shape index (κ2) is 10.3. The molecule has 1 N–H and O–H groups in total. The normalized spacial score (nSPS) is 21.3. The Balaban J connectivity index is 1.46. The van der Waals surface area contributed by atoms with Crippen LogP contribution < -0.4 is 10.1 Å². The van der Waals surface area contributed by atoms with Gasteiger partial charge >= 0.3 is 0 Å². The van der Waals surface area contributed by atoms with Crippen LogP contribution in [-0.4, -0.2) is 70.0 Å². The number of halogens is 1. The van der Waals surface area contributed by atoms with Crippen molar-refractivity contribution in [1.82, 2.24) is 10.2 Å². The molecule has 1 atom stereocenters. The maximum absolute atomic E-state index is 12.1. The standard InChI is InChI=1S/C20H29ClN2O4/c1-25-11-7-22-20(24)16-2-3-19(18(21)12-16)27-17-4-8-23(9-5-17)13-15-6-10-26-14-15/h2-3,12,15,17H,4-11,13-14H2,1H3,(H,22,24)/t15-/m1/s1. The highest BCUT2D eigenvalue weighted by atomic mass is 35.5. The summed E-state index contributed by atoms with van der Waals surface area (Å²) in [6.07, 6.45) is 3.32. The fourth-order valence-corrected chi connectivity index (χ4v) is 3.81. The first-order valence-corrected chi connectivity index (χ1v) is 10.1. The summed E-state index contributed by atoms with van der Waals surface area (Å²) < 4.78 is 16.5. The molecule has 0 aliphatic carbocycles. The third kappa shape index (κ3) is 6.07. The fourth-order valence-electron chi connectivity index (χ4n) is 3.59. The number of hydrogen-bond acceptors (Lipinski definition) is 5. The number of piperidine rings is 1. The minimum Gasteiger partial charge on any atom is -0.489 e. The van der Waals surface area contributed by atoms with E-state index in [-0.39, 0.29) is 12.0 Å². The number of ether oxygens (including phenoxy) is 3. The van der Waals surface area contributed by atoms with Crippen molar-refractivity contribution in [3.05, 3.63) is 28.8 Å². The first-order valence-electron chi connectivity index (χ1n) is 9.69. The molecule has 7 heteroatoms. The van der Waals surface area contributed by atoms with E-state index in [4.69, 9.17) is 25.8 Å². The molecule has 0 saturated carbocycles. The molecule has 1 amide bonds. The van der Waals surface area contributed by atoms with Crippen molar-refractivity contribution >= 4 is 17.5 Å². The molecule has 0 radical (unpaired) electrons. The van der Waals surface area contributed by atoms with Crippen molar-refractivity contribution in [1.29, 1.82) is 0 Å². The molecule has 2 fully saturated rings. The third-order valence-corrected chi connectivity index (χ3v) is 5.45. The van der Waals surface area contributed by atoms with Crippen LogP contribution in [0.25, 0.3) is 0 Å². The lowest BCUT2D eigenvalue weighted by Gasteiger charge is -2.33. The Bertz CT molecular complexity index is 614. The van der Waals surface area contributed by atoms with Crippen LogP contribution in [0.15, 0.2) is 18.2 Å². The number of amides is 1. The zero-order chi connectivity index (χ0) is 19.1. The van der Waals surface area contributed by atoms with Crippen molar-refractivity contribution < 1.29 is 19.0 Å². The van der Waals surface area contributed by atoms with Crippen LogP contribution in [-0.2, 0) is 9.47 Å². The van der Waals surface area contributed by atoms with Gasteiger partial charge in [-0.25, -0.2) is 0 Å². The van der Waals surface area contributed by atoms with Crippen LogP contribution in [0, 0.1) is 5.92 Å². The summed E-state index contributed by atoms with van der Waals surface area (Å²) in [5, 5.41) is 3.26. The largest absolute Gasteiger partial charge is 0.489 e. The highest BCUT2D eigenvalue weighted by Gasteiger charge is 2.25.